The lowest BCUT2D eigenvalue weighted by Gasteiger charge is -2.41. The highest BCUT2D eigenvalue weighted by Crippen LogP contribution is 2.40. The van der Waals surface area contributed by atoms with E-state index < -0.39 is 10.2 Å². The Hall–Kier alpha value is -1.19. The van der Waals surface area contributed by atoms with Gasteiger partial charge in [0.15, 0.2) is 0 Å². The quantitative estimate of drug-likeness (QED) is 0.429. The zero-order valence-corrected chi connectivity index (χ0v) is 20.4. The zero-order chi connectivity index (χ0) is 22.8. The highest BCUT2D eigenvalue weighted by molar-refractivity contribution is 7.86. The summed E-state index contributed by atoms with van der Waals surface area (Å²) in [6, 6.07) is 5.58. The summed E-state index contributed by atoms with van der Waals surface area (Å²) in [4.78, 5) is 2.38. The molecule has 0 aromatic heterocycles. The summed E-state index contributed by atoms with van der Waals surface area (Å²) in [5.41, 5.74) is 5.16. The molecule has 9 heteroatoms. The summed E-state index contributed by atoms with van der Waals surface area (Å²) in [6.07, 6.45) is 6.92. The van der Waals surface area contributed by atoms with Crippen LogP contribution in [0.1, 0.15) is 51.0 Å². The van der Waals surface area contributed by atoms with Crippen LogP contribution < -0.4 is 10.6 Å². The number of hydrogen-bond acceptors (Lipinski definition) is 5. The standard InChI is InChI=1S/C13H29N3O2S.C8H9ClN2/c1-4-6-13(8-11-15(2)12-9-13)7-5-10-16(3)19(14,17)18;1-6-3-4-7(9)5-8(6)11-10-2/h4-12H2,1-3H3,(H2,14,17,18);3-5,11H,2H2,1H3. The minimum atomic E-state index is -3.52. The Balaban J connectivity index is 0.000000346. The first-order chi connectivity index (χ1) is 14.0. The van der Waals surface area contributed by atoms with Gasteiger partial charge in [0, 0.05) is 25.3 Å². The SMILES string of the molecule is C=NNc1cc(Cl)ccc1C.CCCC1(CCCN(C)S(N)(=O)=O)CCN(C)CC1. The minimum absolute atomic E-state index is 0.417. The number of rotatable bonds is 9. The summed E-state index contributed by atoms with van der Waals surface area (Å²) < 4.78 is 23.6. The first-order valence-corrected chi connectivity index (χ1v) is 12.3. The normalized spacial score (nSPS) is 16.6. The molecular weight excluding hydrogens is 422 g/mol. The molecule has 2 rings (SSSR count). The van der Waals surface area contributed by atoms with Crippen molar-refractivity contribution in [2.45, 2.75) is 52.4 Å². The van der Waals surface area contributed by atoms with Crippen LogP contribution in [0.2, 0.25) is 5.02 Å². The van der Waals surface area contributed by atoms with E-state index in [4.69, 9.17) is 16.7 Å². The third-order valence-corrected chi connectivity index (χ3v) is 7.13. The monoisotopic (exact) mass is 459 g/mol. The van der Waals surface area contributed by atoms with Gasteiger partial charge in [-0.2, -0.15) is 17.8 Å². The molecule has 1 heterocycles. The van der Waals surface area contributed by atoms with Gasteiger partial charge in [-0.3, -0.25) is 5.43 Å². The van der Waals surface area contributed by atoms with Crippen LogP contribution in [0.4, 0.5) is 5.69 Å². The molecule has 1 aromatic carbocycles. The van der Waals surface area contributed by atoms with Gasteiger partial charge in [0.1, 0.15) is 0 Å². The third kappa shape index (κ3) is 9.31. The van der Waals surface area contributed by atoms with E-state index in [1.807, 2.05) is 25.1 Å². The van der Waals surface area contributed by atoms with Gasteiger partial charge in [-0.05, 0) is 82.3 Å². The number of benzene rings is 1. The van der Waals surface area contributed by atoms with Gasteiger partial charge in [0.25, 0.3) is 10.2 Å². The van der Waals surface area contributed by atoms with E-state index in [2.05, 4.69) is 36.1 Å². The van der Waals surface area contributed by atoms with Gasteiger partial charge in [-0.1, -0.05) is 31.0 Å². The van der Waals surface area contributed by atoms with Gasteiger partial charge < -0.3 is 4.90 Å². The van der Waals surface area contributed by atoms with Crippen molar-refractivity contribution in [3.63, 3.8) is 0 Å². The lowest BCUT2D eigenvalue weighted by molar-refractivity contribution is 0.0979. The number of hydrazone groups is 1. The fourth-order valence-electron chi connectivity index (χ4n) is 3.85. The molecule has 0 spiro atoms. The predicted molar refractivity (Wildman–Crippen MR) is 128 cm³/mol. The second-order valence-corrected chi connectivity index (χ2v) is 10.3. The number of halogens is 1. The number of piperidine rings is 1. The first kappa shape index (κ1) is 26.8. The lowest BCUT2D eigenvalue weighted by atomic mass is 9.72. The molecule has 0 bridgehead atoms. The Morgan fingerprint density at radius 3 is 2.50 bits per heavy atom. The van der Waals surface area contributed by atoms with Crippen LogP contribution in [-0.4, -0.2) is 58.1 Å². The number of nitrogens with one attached hydrogen (secondary N) is 1. The molecule has 1 fully saturated rings. The van der Waals surface area contributed by atoms with Gasteiger partial charge in [0.05, 0.1) is 5.69 Å². The molecule has 0 radical (unpaired) electrons. The molecule has 7 nitrogen and oxygen atoms in total. The van der Waals surface area contributed by atoms with Crippen molar-refractivity contribution in [2.75, 3.05) is 39.2 Å². The number of nitrogens with zero attached hydrogens (tertiary/aromatic N) is 3. The number of likely N-dealkylation sites (tertiary alicyclic amines) is 1. The van der Waals surface area contributed by atoms with Gasteiger partial charge >= 0.3 is 0 Å². The molecule has 3 N–H and O–H groups in total. The lowest BCUT2D eigenvalue weighted by Crippen LogP contribution is -2.39. The predicted octanol–water partition coefficient (Wildman–Crippen LogP) is 4.09. The van der Waals surface area contributed by atoms with E-state index in [1.54, 1.807) is 7.05 Å². The number of hydrogen-bond donors (Lipinski definition) is 2. The van der Waals surface area contributed by atoms with Crippen LogP contribution in [0.3, 0.4) is 0 Å². The molecule has 0 aliphatic carbocycles. The van der Waals surface area contributed by atoms with E-state index in [0.717, 1.165) is 37.2 Å². The summed E-state index contributed by atoms with van der Waals surface area (Å²) in [5, 5.41) is 9.34. The molecule has 172 valence electrons. The molecule has 0 saturated carbocycles. The molecule has 1 aliphatic rings. The number of aryl methyl sites for hydroxylation is 1. The Bertz CT molecular complexity index is 765. The van der Waals surface area contributed by atoms with E-state index in [9.17, 15) is 8.42 Å². The third-order valence-electron chi connectivity index (χ3n) is 5.84. The van der Waals surface area contributed by atoms with Gasteiger partial charge in [-0.25, -0.2) is 5.14 Å². The minimum Gasteiger partial charge on any atom is -0.306 e. The summed E-state index contributed by atoms with van der Waals surface area (Å²) in [7, 11) is 0.202. The average molecular weight is 460 g/mol. The molecule has 1 aliphatic heterocycles. The van der Waals surface area contributed by atoms with Crippen molar-refractivity contribution in [3.05, 3.63) is 28.8 Å². The zero-order valence-electron chi connectivity index (χ0n) is 18.8. The number of nitrogens with two attached hydrogens (primary N) is 1. The van der Waals surface area contributed by atoms with Crippen molar-refractivity contribution in [1.29, 1.82) is 0 Å². The second-order valence-electron chi connectivity index (χ2n) is 8.25. The van der Waals surface area contributed by atoms with Crippen LogP contribution in [0.25, 0.3) is 0 Å². The fourth-order valence-corrected chi connectivity index (χ4v) is 4.41. The topological polar surface area (TPSA) is 91.0 Å². The van der Waals surface area contributed by atoms with Crippen molar-refractivity contribution in [1.82, 2.24) is 9.21 Å². The summed E-state index contributed by atoms with van der Waals surface area (Å²) >= 11 is 5.75. The molecule has 0 amide bonds. The Morgan fingerprint density at radius 2 is 1.97 bits per heavy atom. The first-order valence-electron chi connectivity index (χ1n) is 10.4. The average Bonchev–Trinajstić information content (AvgIpc) is 2.67. The highest BCUT2D eigenvalue weighted by atomic mass is 35.5. The van der Waals surface area contributed by atoms with Gasteiger partial charge in [0.2, 0.25) is 0 Å². The molecule has 0 unspecified atom stereocenters. The summed E-state index contributed by atoms with van der Waals surface area (Å²) in [5.74, 6) is 0. The van der Waals surface area contributed by atoms with Crippen LogP contribution in [0.15, 0.2) is 23.3 Å². The Morgan fingerprint density at radius 1 is 1.33 bits per heavy atom. The van der Waals surface area contributed by atoms with Crippen LogP contribution >= 0.6 is 11.6 Å². The van der Waals surface area contributed by atoms with Crippen molar-refractivity contribution < 1.29 is 8.42 Å². The highest BCUT2D eigenvalue weighted by Gasteiger charge is 2.32. The van der Waals surface area contributed by atoms with E-state index >= 15 is 0 Å². The smallest absolute Gasteiger partial charge is 0.276 e. The Kier molecular flexibility index (Phi) is 11.3. The van der Waals surface area contributed by atoms with Crippen molar-refractivity contribution in [2.24, 2.45) is 15.7 Å². The Labute approximate surface area is 187 Å². The van der Waals surface area contributed by atoms with Crippen molar-refractivity contribution in [3.8, 4) is 0 Å². The van der Waals surface area contributed by atoms with E-state index in [0.29, 0.717) is 17.0 Å². The number of anilines is 1. The maximum atomic E-state index is 11.2. The molecule has 30 heavy (non-hydrogen) atoms. The molecular formula is C21H38ClN5O2S. The van der Waals surface area contributed by atoms with Crippen LogP contribution in [0, 0.1) is 12.3 Å². The van der Waals surface area contributed by atoms with Crippen molar-refractivity contribution >= 4 is 34.2 Å². The fraction of sp³-hybridized carbons (Fsp3) is 0.667. The van der Waals surface area contributed by atoms with E-state index in [1.165, 1.54) is 30.0 Å². The van der Waals surface area contributed by atoms with Gasteiger partial charge in [-0.15, -0.1) is 0 Å². The summed E-state index contributed by atoms with van der Waals surface area (Å²) in [6.45, 7) is 10.4. The van der Waals surface area contributed by atoms with Crippen LogP contribution in [-0.2, 0) is 10.2 Å². The second kappa shape index (κ2) is 12.6. The van der Waals surface area contributed by atoms with E-state index in [-0.39, 0.29) is 0 Å². The molecule has 1 saturated heterocycles. The van der Waals surface area contributed by atoms with Crippen LogP contribution in [0.5, 0.6) is 0 Å². The largest absolute Gasteiger partial charge is 0.306 e. The molecule has 1 aromatic rings. The maximum absolute atomic E-state index is 11.2. The molecule has 0 atom stereocenters. The maximum Gasteiger partial charge on any atom is 0.276 e.